The van der Waals surface area contributed by atoms with Crippen molar-refractivity contribution in [2.75, 3.05) is 13.2 Å². The summed E-state index contributed by atoms with van der Waals surface area (Å²) >= 11 is 0. The lowest BCUT2D eigenvalue weighted by atomic mass is 10.0. The Bertz CT molecular complexity index is 648. The molecule has 0 fully saturated rings. The number of rotatable bonds is 26. The van der Waals surface area contributed by atoms with Gasteiger partial charge in [0.1, 0.15) is 12.7 Å². The van der Waals surface area contributed by atoms with E-state index in [0.717, 1.165) is 12.8 Å². The summed E-state index contributed by atoms with van der Waals surface area (Å²) in [5.74, 6) is -0.0865. The second kappa shape index (κ2) is 22.3. The van der Waals surface area contributed by atoms with Crippen molar-refractivity contribution in [2.24, 2.45) is 0 Å². The minimum atomic E-state index is -2.12. The zero-order valence-electron chi connectivity index (χ0n) is 30.7. The van der Waals surface area contributed by atoms with Crippen LogP contribution in [0.25, 0.3) is 0 Å². The summed E-state index contributed by atoms with van der Waals surface area (Å²) in [6, 6.07) is 0. The third-order valence-electron chi connectivity index (χ3n) is 9.93. The molecule has 0 aliphatic heterocycles. The van der Waals surface area contributed by atoms with E-state index in [1.54, 1.807) is 0 Å². The second-order valence-electron chi connectivity index (χ2n) is 15.5. The molecular weight excluding hydrogens is 553 g/mol. The molecule has 4 nitrogen and oxygen atoms in total. The van der Waals surface area contributed by atoms with Crippen LogP contribution in [0, 0.1) is 0 Å². The molecule has 0 saturated heterocycles. The number of unbranched alkanes of at least 4 members (excludes halogenated alkanes) is 14. The SMILES string of the molecule is CCCCCCCCCCCCCCCCCC(=O)OC[C@@H](CO[Si](C)(C)C(C)(C)C)O[Si](C(C)C)(C(C)C)C(C)C. The van der Waals surface area contributed by atoms with Gasteiger partial charge in [-0.3, -0.25) is 4.79 Å². The van der Waals surface area contributed by atoms with Crippen LogP contribution in [-0.2, 0) is 18.4 Å². The van der Waals surface area contributed by atoms with Crippen LogP contribution in [0.15, 0.2) is 0 Å². The molecule has 1 atom stereocenters. The number of hydrogen-bond donors (Lipinski definition) is 0. The quantitative estimate of drug-likeness (QED) is 0.0543. The first kappa shape index (κ1) is 41.8. The molecular formula is C36H76O4Si2. The van der Waals surface area contributed by atoms with E-state index in [1.165, 1.54) is 83.5 Å². The van der Waals surface area contributed by atoms with Crippen LogP contribution < -0.4 is 0 Å². The zero-order chi connectivity index (χ0) is 32.2. The zero-order valence-corrected chi connectivity index (χ0v) is 32.7. The Balaban J connectivity index is 4.54. The summed E-state index contributed by atoms with van der Waals surface area (Å²) in [6.45, 7) is 28.3. The van der Waals surface area contributed by atoms with Gasteiger partial charge in [0.05, 0.1) is 6.61 Å². The highest BCUT2D eigenvalue weighted by molar-refractivity contribution is 6.77. The van der Waals surface area contributed by atoms with Gasteiger partial charge < -0.3 is 13.6 Å². The Kier molecular flexibility index (Phi) is 22.3. The van der Waals surface area contributed by atoms with Gasteiger partial charge in [-0.25, -0.2) is 0 Å². The van der Waals surface area contributed by atoms with Gasteiger partial charge in [-0.05, 0) is 41.2 Å². The average Bonchev–Trinajstić information content (AvgIpc) is 2.89. The van der Waals surface area contributed by atoms with Crippen LogP contribution in [0.2, 0.25) is 34.8 Å². The molecule has 6 heteroatoms. The molecule has 0 radical (unpaired) electrons. The Hall–Kier alpha value is -0.176. The molecule has 0 unspecified atom stereocenters. The minimum absolute atomic E-state index is 0.0865. The molecule has 0 aromatic carbocycles. The molecule has 0 aromatic heterocycles. The van der Waals surface area contributed by atoms with Gasteiger partial charge in [0, 0.05) is 6.42 Å². The minimum Gasteiger partial charge on any atom is -0.463 e. The van der Waals surface area contributed by atoms with Gasteiger partial charge in [-0.2, -0.15) is 0 Å². The summed E-state index contributed by atoms with van der Waals surface area (Å²) in [6.07, 6.45) is 20.2. The highest BCUT2D eigenvalue weighted by Crippen LogP contribution is 2.43. The summed E-state index contributed by atoms with van der Waals surface area (Å²) in [5, 5.41) is 0.129. The lowest BCUT2D eigenvalue weighted by Gasteiger charge is -2.45. The van der Waals surface area contributed by atoms with Crippen molar-refractivity contribution in [3.63, 3.8) is 0 Å². The Morgan fingerprint density at radius 3 is 1.36 bits per heavy atom. The van der Waals surface area contributed by atoms with E-state index in [9.17, 15) is 4.79 Å². The summed E-state index contributed by atoms with van der Waals surface area (Å²) < 4.78 is 19.5. The molecule has 0 bridgehead atoms. The van der Waals surface area contributed by atoms with Crippen molar-refractivity contribution >= 4 is 22.6 Å². The van der Waals surface area contributed by atoms with Crippen molar-refractivity contribution in [1.82, 2.24) is 0 Å². The average molecular weight is 629 g/mol. The number of esters is 1. The smallest absolute Gasteiger partial charge is 0.305 e. The largest absolute Gasteiger partial charge is 0.463 e. The standard InChI is InChI=1S/C36H76O4Si2/c1-13-14-15-16-17-18-19-20-21-22-23-24-25-26-27-28-35(37)38-29-34(30-39-41(11,12)36(8,9)10)40-42(31(2)3,32(4)5)33(6)7/h31-34H,13-30H2,1-12H3/t34-/m0/s1. The molecule has 0 aromatic rings. The molecule has 0 spiro atoms. The number of carbonyl (C=O) groups is 1. The molecule has 0 N–H and O–H groups in total. The maximum Gasteiger partial charge on any atom is 0.305 e. The fourth-order valence-corrected chi connectivity index (χ4v) is 12.8. The fraction of sp³-hybridized carbons (Fsp3) is 0.972. The maximum atomic E-state index is 12.7. The Labute approximate surface area is 266 Å². The molecule has 252 valence electrons. The topological polar surface area (TPSA) is 44.8 Å². The first-order chi connectivity index (χ1) is 19.6. The molecule has 0 rings (SSSR count). The van der Waals surface area contributed by atoms with Crippen molar-refractivity contribution in [1.29, 1.82) is 0 Å². The number of carbonyl (C=O) groups excluding carboxylic acids is 1. The Morgan fingerprint density at radius 2 is 1.00 bits per heavy atom. The van der Waals surface area contributed by atoms with E-state index in [4.69, 9.17) is 13.6 Å². The Morgan fingerprint density at radius 1 is 0.619 bits per heavy atom. The van der Waals surface area contributed by atoms with E-state index in [0.29, 0.717) is 36.3 Å². The monoisotopic (exact) mass is 629 g/mol. The lowest BCUT2D eigenvalue weighted by molar-refractivity contribution is -0.147. The van der Waals surface area contributed by atoms with E-state index in [2.05, 4.69) is 82.3 Å². The van der Waals surface area contributed by atoms with Crippen molar-refractivity contribution in [2.45, 2.75) is 213 Å². The molecule has 0 amide bonds. The van der Waals surface area contributed by atoms with Crippen LogP contribution in [0.3, 0.4) is 0 Å². The first-order valence-corrected chi connectivity index (χ1v) is 23.1. The highest BCUT2D eigenvalue weighted by Gasteiger charge is 2.47. The van der Waals surface area contributed by atoms with Gasteiger partial charge >= 0.3 is 5.97 Å². The fourth-order valence-electron chi connectivity index (χ4n) is 6.23. The van der Waals surface area contributed by atoms with Crippen LogP contribution in [0.1, 0.15) is 172 Å². The third kappa shape index (κ3) is 16.8. The number of ether oxygens (including phenoxy) is 1. The highest BCUT2D eigenvalue weighted by atomic mass is 28.4. The van der Waals surface area contributed by atoms with Gasteiger partial charge in [0.25, 0.3) is 0 Å². The van der Waals surface area contributed by atoms with Gasteiger partial charge in [0.2, 0.25) is 8.32 Å². The van der Waals surface area contributed by atoms with Crippen molar-refractivity contribution < 1.29 is 18.4 Å². The van der Waals surface area contributed by atoms with Crippen molar-refractivity contribution in [3.05, 3.63) is 0 Å². The lowest BCUT2D eigenvalue weighted by Crippen LogP contribution is -2.53. The summed E-state index contributed by atoms with van der Waals surface area (Å²) in [7, 11) is -4.07. The molecule has 0 aliphatic rings. The maximum absolute atomic E-state index is 12.7. The molecule has 42 heavy (non-hydrogen) atoms. The van der Waals surface area contributed by atoms with E-state index >= 15 is 0 Å². The predicted molar refractivity (Wildman–Crippen MR) is 190 cm³/mol. The van der Waals surface area contributed by atoms with Crippen LogP contribution in [0.4, 0.5) is 0 Å². The van der Waals surface area contributed by atoms with Crippen LogP contribution in [0.5, 0.6) is 0 Å². The van der Waals surface area contributed by atoms with Crippen LogP contribution >= 0.6 is 0 Å². The molecule has 0 heterocycles. The van der Waals surface area contributed by atoms with Crippen LogP contribution in [-0.4, -0.2) is 41.9 Å². The van der Waals surface area contributed by atoms with E-state index in [1.807, 2.05) is 0 Å². The van der Waals surface area contributed by atoms with Crippen molar-refractivity contribution in [3.8, 4) is 0 Å². The van der Waals surface area contributed by atoms with Gasteiger partial charge in [-0.1, -0.05) is 159 Å². The normalized spacial score (nSPS) is 13.9. The third-order valence-corrected chi connectivity index (χ3v) is 20.6. The number of hydrogen-bond acceptors (Lipinski definition) is 4. The second-order valence-corrected chi connectivity index (χ2v) is 25.7. The van der Waals surface area contributed by atoms with E-state index in [-0.39, 0.29) is 17.1 Å². The summed E-state index contributed by atoms with van der Waals surface area (Å²) in [4.78, 5) is 12.7. The summed E-state index contributed by atoms with van der Waals surface area (Å²) in [5.41, 5.74) is 1.43. The van der Waals surface area contributed by atoms with Gasteiger partial charge in [0.15, 0.2) is 8.32 Å². The van der Waals surface area contributed by atoms with Gasteiger partial charge in [-0.15, -0.1) is 0 Å². The predicted octanol–water partition coefficient (Wildman–Crippen LogP) is 12.4. The van der Waals surface area contributed by atoms with E-state index < -0.39 is 16.6 Å². The molecule has 0 saturated carbocycles. The molecule has 0 aliphatic carbocycles. The first-order valence-electron chi connectivity index (χ1n) is 18.1.